The normalized spacial score (nSPS) is 26.1. The fourth-order valence-electron chi connectivity index (χ4n) is 2.28. The van der Waals surface area contributed by atoms with Gasteiger partial charge >= 0.3 is 0 Å². The minimum absolute atomic E-state index is 0.0788. The Morgan fingerprint density at radius 1 is 1.68 bits per heavy atom. The first-order chi connectivity index (χ1) is 8.97. The second kappa shape index (κ2) is 5.98. The topological polar surface area (TPSA) is 71.2 Å². The molecule has 5 nitrogen and oxygen atoms in total. The molecule has 1 saturated heterocycles. The minimum atomic E-state index is -0.116. The van der Waals surface area contributed by atoms with Crippen LogP contribution in [0.3, 0.4) is 0 Å². The molecule has 3 N–H and O–H groups in total. The second-order valence-electron chi connectivity index (χ2n) is 5.38. The number of piperidine rings is 1. The predicted molar refractivity (Wildman–Crippen MR) is 77.3 cm³/mol. The van der Waals surface area contributed by atoms with Gasteiger partial charge < -0.3 is 16.0 Å². The smallest absolute Gasteiger partial charge is 0.270 e. The zero-order valence-corrected chi connectivity index (χ0v) is 12.5. The highest BCUT2D eigenvalue weighted by Gasteiger charge is 2.25. The van der Waals surface area contributed by atoms with Crippen LogP contribution in [-0.4, -0.2) is 41.5 Å². The van der Waals surface area contributed by atoms with Crippen molar-refractivity contribution in [2.24, 2.45) is 5.73 Å². The Balaban J connectivity index is 1.93. The molecule has 3 unspecified atom stereocenters. The molecule has 106 valence electrons. The summed E-state index contributed by atoms with van der Waals surface area (Å²) in [5, 5.41) is 5.67. The number of amides is 1. The van der Waals surface area contributed by atoms with Gasteiger partial charge in [0.25, 0.3) is 5.91 Å². The van der Waals surface area contributed by atoms with Crippen LogP contribution in [0.25, 0.3) is 0 Å². The lowest BCUT2D eigenvalue weighted by molar-refractivity contribution is 0.0892. The van der Waals surface area contributed by atoms with Gasteiger partial charge in [-0.25, -0.2) is 4.98 Å². The number of hydrogen-bond donors (Lipinski definition) is 2. The van der Waals surface area contributed by atoms with E-state index >= 15 is 0 Å². The summed E-state index contributed by atoms with van der Waals surface area (Å²) < 4.78 is 0. The molecule has 19 heavy (non-hydrogen) atoms. The van der Waals surface area contributed by atoms with E-state index in [2.05, 4.69) is 29.2 Å². The highest BCUT2D eigenvalue weighted by molar-refractivity contribution is 7.09. The second-order valence-corrected chi connectivity index (χ2v) is 6.27. The Kier molecular flexibility index (Phi) is 4.54. The third-order valence-electron chi connectivity index (χ3n) is 3.69. The molecule has 1 amide bonds. The lowest BCUT2D eigenvalue weighted by Crippen LogP contribution is -2.47. The molecule has 0 aromatic carbocycles. The molecule has 0 radical (unpaired) electrons. The van der Waals surface area contributed by atoms with Gasteiger partial charge in [-0.2, -0.15) is 0 Å². The maximum atomic E-state index is 12.1. The van der Waals surface area contributed by atoms with E-state index in [4.69, 9.17) is 5.73 Å². The van der Waals surface area contributed by atoms with Gasteiger partial charge in [0.15, 0.2) is 0 Å². The molecule has 6 heteroatoms. The molecule has 2 heterocycles. The number of aromatic nitrogens is 1. The zero-order chi connectivity index (χ0) is 14.0. The molecule has 2 rings (SSSR count). The summed E-state index contributed by atoms with van der Waals surface area (Å²) in [4.78, 5) is 18.7. The van der Waals surface area contributed by atoms with Crippen molar-refractivity contribution in [3.05, 3.63) is 16.1 Å². The first kappa shape index (κ1) is 14.4. The van der Waals surface area contributed by atoms with Crippen LogP contribution in [0, 0.1) is 0 Å². The predicted octanol–water partition coefficient (Wildman–Crippen LogP) is 1.38. The van der Waals surface area contributed by atoms with Crippen molar-refractivity contribution in [3.8, 4) is 0 Å². The Bertz CT molecular complexity index is 446. The standard InChI is InChI=1S/C13H22N4OS/c1-8-6-10(4-5-17(8)3)15-12(18)11-7-19-13(16-11)9(2)14/h7-10H,4-6,14H2,1-3H3,(H,15,18). The number of carbonyl (C=O) groups is 1. The number of rotatable bonds is 3. The molecule has 0 bridgehead atoms. The third kappa shape index (κ3) is 3.52. The molecule has 0 saturated carbocycles. The lowest BCUT2D eigenvalue weighted by atomic mass is 9.99. The van der Waals surface area contributed by atoms with Crippen LogP contribution in [0.1, 0.15) is 48.2 Å². The number of nitrogens with two attached hydrogens (primary N) is 1. The van der Waals surface area contributed by atoms with E-state index in [1.54, 1.807) is 5.38 Å². The number of likely N-dealkylation sites (tertiary alicyclic amines) is 1. The quantitative estimate of drug-likeness (QED) is 0.878. The average Bonchev–Trinajstić information content (AvgIpc) is 2.83. The Hall–Kier alpha value is -0.980. The summed E-state index contributed by atoms with van der Waals surface area (Å²) >= 11 is 1.44. The Morgan fingerprint density at radius 2 is 2.42 bits per heavy atom. The van der Waals surface area contributed by atoms with E-state index in [1.807, 2.05) is 6.92 Å². The van der Waals surface area contributed by atoms with E-state index in [-0.39, 0.29) is 18.0 Å². The highest BCUT2D eigenvalue weighted by atomic mass is 32.1. The van der Waals surface area contributed by atoms with E-state index < -0.39 is 0 Å². The van der Waals surface area contributed by atoms with Crippen molar-refractivity contribution < 1.29 is 4.79 Å². The molecule has 1 fully saturated rings. The molecule has 0 aliphatic carbocycles. The van der Waals surface area contributed by atoms with Gasteiger partial charge in [-0.05, 0) is 33.7 Å². The monoisotopic (exact) mass is 282 g/mol. The van der Waals surface area contributed by atoms with Crippen molar-refractivity contribution in [1.29, 1.82) is 0 Å². The van der Waals surface area contributed by atoms with Crippen LogP contribution in [-0.2, 0) is 0 Å². The summed E-state index contributed by atoms with van der Waals surface area (Å²) in [6.07, 6.45) is 1.99. The zero-order valence-electron chi connectivity index (χ0n) is 11.7. The van der Waals surface area contributed by atoms with Gasteiger partial charge in [0.05, 0.1) is 6.04 Å². The molecule has 1 aliphatic heterocycles. The fourth-order valence-corrected chi connectivity index (χ4v) is 3.04. The van der Waals surface area contributed by atoms with Crippen LogP contribution in [0.15, 0.2) is 5.38 Å². The number of thiazole rings is 1. The molecular weight excluding hydrogens is 260 g/mol. The molecule has 1 aromatic heterocycles. The number of carbonyl (C=O) groups excluding carboxylic acids is 1. The fraction of sp³-hybridized carbons (Fsp3) is 0.692. The molecule has 3 atom stereocenters. The number of hydrogen-bond acceptors (Lipinski definition) is 5. The van der Waals surface area contributed by atoms with E-state index in [0.29, 0.717) is 11.7 Å². The summed E-state index contributed by atoms with van der Waals surface area (Å²) in [5.41, 5.74) is 6.25. The minimum Gasteiger partial charge on any atom is -0.348 e. The largest absolute Gasteiger partial charge is 0.348 e. The summed E-state index contributed by atoms with van der Waals surface area (Å²) in [6.45, 7) is 5.09. The lowest BCUT2D eigenvalue weighted by Gasteiger charge is -2.35. The molecule has 1 aromatic rings. The van der Waals surface area contributed by atoms with Gasteiger partial charge in [-0.15, -0.1) is 11.3 Å². The van der Waals surface area contributed by atoms with Gasteiger partial charge in [0.2, 0.25) is 0 Å². The first-order valence-electron chi connectivity index (χ1n) is 6.69. The third-order valence-corrected chi connectivity index (χ3v) is 4.73. The Morgan fingerprint density at radius 3 is 3.00 bits per heavy atom. The average molecular weight is 282 g/mol. The van der Waals surface area contributed by atoms with Crippen molar-refractivity contribution >= 4 is 17.2 Å². The van der Waals surface area contributed by atoms with Crippen molar-refractivity contribution in [3.63, 3.8) is 0 Å². The van der Waals surface area contributed by atoms with E-state index in [0.717, 1.165) is 24.4 Å². The molecule has 1 aliphatic rings. The maximum absolute atomic E-state index is 12.1. The van der Waals surface area contributed by atoms with Crippen molar-refractivity contribution in [2.75, 3.05) is 13.6 Å². The summed E-state index contributed by atoms with van der Waals surface area (Å²) in [7, 11) is 2.12. The van der Waals surface area contributed by atoms with Gasteiger partial charge in [0, 0.05) is 24.0 Å². The Labute approximate surface area is 118 Å². The maximum Gasteiger partial charge on any atom is 0.270 e. The van der Waals surface area contributed by atoms with Gasteiger partial charge in [-0.1, -0.05) is 0 Å². The highest BCUT2D eigenvalue weighted by Crippen LogP contribution is 2.18. The van der Waals surface area contributed by atoms with Crippen LogP contribution in [0.5, 0.6) is 0 Å². The summed E-state index contributed by atoms with van der Waals surface area (Å²) in [6, 6.07) is 0.642. The van der Waals surface area contributed by atoms with Crippen LogP contribution in [0.4, 0.5) is 0 Å². The SMILES string of the molecule is CC(N)c1nc(C(=O)NC2CCN(C)C(C)C2)cs1. The first-order valence-corrected chi connectivity index (χ1v) is 7.57. The van der Waals surface area contributed by atoms with E-state index in [1.165, 1.54) is 11.3 Å². The van der Waals surface area contributed by atoms with Gasteiger partial charge in [-0.3, -0.25) is 4.79 Å². The number of nitrogens with one attached hydrogen (secondary N) is 1. The van der Waals surface area contributed by atoms with Crippen LogP contribution in [0.2, 0.25) is 0 Å². The van der Waals surface area contributed by atoms with E-state index in [9.17, 15) is 4.79 Å². The van der Waals surface area contributed by atoms with Crippen molar-refractivity contribution in [2.45, 2.75) is 44.8 Å². The van der Waals surface area contributed by atoms with Crippen LogP contribution >= 0.6 is 11.3 Å². The molecular formula is C13H22N4OS. The number of nitrogens with zero attached hydrogens (tertiary/aromatic N) is 2. The van der Waals surface area contributed by atoms with Gasteiger partial charge in [0.1, 0.15) is 10.7 Å². The summed E-state index contributed by atoms with van der Waals surface area (Å²) in [5.74, 6) is -0.0788. The van der Waals surface area contributed by atoms with Crippen molar-refractivity contribution in [1.82, 2.24) is 15.2 Å². The van der Waals surface area contributed by atoms with Crippen LogP contribution < -0.4 is 11.1 Å². The molecule has 0 spiro atoms.